The molecule has 1 aromatic carbocycles. The van der Waals surface area contributed by atoms with Crippen molar-refractivity contribution in [2.75, 3.05) is 0 Å². The van der Waals surface area contributed by atoms with Crippen molar-refractivity contribution in [3.8, 4) is 0 Å². The van der Waals surface area contributed by atoms with Crippen molar-refractivity contribution >= 4 is 29.2 Å². The first kappa shape index (κ1) is 16.1. The lowest BCUT2D eigenvalue weighted by Gasteiger charge is -2.19. The first-order chi connectivity index (χ1) is 11.4. The largest absolute Gasteiger partial charge is 0.478 e. The molecule has 2 heterocycles. The molecule has 0 aliphatic heterocycles. The average molecular weight is 341 g/mol. The number of aromatic amines is 1. The van der Waals surface area contributed by atoms with Gasteiger partial charge in [-0.15, -0.1) is 0 Å². The molecule has 3 rings (SSSR count). The highest BCUT2D eigenvalue weighted by Crippen LogP contribution is 2.23. The molecular formula is C17H15N3O3S. The zero-order valence-corrected chi connectivity index (χ0v) is 13.9. The summed E-state index contributed by atoms with van der Waals surface area (Å²) >= 11 is 5.32. The highest BCUT2D eigenvalue weighted by Gasteiger charge is 2.20. The number of benzene rings is 1. The van der Waals surface area contributed by atoms with Crippen LogP contribution in [0.5, 0.6) is 0 Å². The first-order valence-electron chi connectivity index (χ1n) is 7.34. The fourth-order valence-electron chi connectivity index (χ4n) is 2.78. The smallest absolute Gasteiger partial charge is 0.336 e. The van der Waals surface area contributed by atoms with E-state index in [2.05, 4.69) is 9.97 Å². The van der Waals surface area contributed by atoms with Gasteiger partial charge in [-0.25, -0.2) is 9.78 Å². The van der Waals surface area contributed by atoms with Crippen molar-refractivity contribution in [2.24, 2.45) is 0 Å². The highest BCUT2D eigenvalue weighted by molar-refractivity contribution is 7.71. The van der Waals surface area contributed by atoms with Crippen LogP contribution in [0.4, 0.5) is 0 Å². The van der Waals surface area contributed by atoms with Crippen molar-refractivity contribution in [3.63, 3.8) is 0 Å². The van der Waals surface area contributed by atoms with Gasteiger partial charge in [0.2, 0.25) is 0 Å². The summed E-state index contributed by atoms with van der Waals surface area (Å²) in [6, 6.07) is 10.8. The van der Waals surface area contributed by atoms with Crippen LogP contribution < -0.4 is 5.56 Å². The van der Waals surface area contributed by atoms with E-state index in [9.17, 15) is 14.7 Å². The van der Waals surface area contributed by atoms with Gasteiger partial charge in [-0.3, -0.25) is 14.3 Å². The van der Waals surface area contributed by atoms with Gasteiger partial charge in [-0.2, -0.15) is 0 Å². The van der Waals surface area contributed by atoms with Crippen LogP contribution in [0.25, 0.3) is 11.0 Å². The second-order valence-corrected chi connectivity index (χ2v) is 5.92. The summed E-state index contributed by atoms with van der Waals surface area (Å²) in [5.41, 5.74) is 1.13. The van der Waals surface area contributed by atoms with Crippen LogP contribution in [0.15, 0.2) is 41.2 Å². The molecule has 0 saturated heterocycles. The Morgan fingerprint density at radius 1 is 1.33 bits per heavy atom. The molecule has 122 valence electrons. The van der Waals surface area contributed by atoms with Crippen molar-refractivity contribution in [2.45, 2.75) is 19.9 Å². The molecule has 0 fully saturated rings. The number of aryl methyl sites for hydroxylation is 1. The van der Waals surface area contributed by atoms with Gasteiger partial charge in [0.25, 0.3) is 5.56 Å². The molecule has 24 heavy (non-hydrogen) atoms. The first-order valence-corrected chi connectivity index (χ1v) is 7.75. The molecule has 0 bridgehead atoms. The molecule has 2 N–H and O–H groups in total. The number of carbonyl (C=O) groups is 1. The van der Waals surface area contributed by atoms with Gasteiger partial charge in [0.1, 0.15) is 5.65 Å². The Morgan fingerprint density at radius 2 is 2.00 bits per heavy atom. The van der Waals surface area contributed by atoms with E-state index >= 15 is 0 Å². The molecule has 2 aromatic heterocycles. The van der Waals surface area contributed by atoms with E-state index < -0.39 is 11.5 Å². The molecule has 0 amide bonds. The van der Waals surface area contributed by atoms with Crippen LogP contribution in [0.3, 0.4) is 0 Å². The Hall–Kier alpha value is -2.80. The zero-order valence-electron chi connectivity index (χ0n) is 13.1. The van der Waals surface area contributed by atoms with Crippen LogP contribution in [-0.2, 0) is 0 Å². The lowest BCUT2D eigenvalue weighted by molar-refractivity contribution is 0.0698. The fraction of sp³-hybridized carbons (Fsp3) is 0.176. The summed E-state index contributed by atoms with van der Waals surface area (Å²) in [4.78, 5) is 30.8. The number of carboxylic acids is 1. The van der Waals surface area contributed by atoms with Gasteiger partial charge in [0.05, 0.1) is 17.0 Å². The molecule has 6 nitrogen and oxygen atoms in total. The van der Waals surface area contributed by atoms with Gasteiger partial charge in [-0.05, 0) is 37.7 Å². The average Bonchev–Trinajstić information content (AvgIpc) is 2.54. The van der Waals surface area contributed by atoms with Gasteiger partial charge >= 0.3 is 5.97 Å². The Labute approximate surface area is 142 Å². The molecule has 0 radical (unpaired) electrons. The minimum atomic E-state index is -1.17. The van der Waals surface area contributed by atoms with Crippen LogP contribution in [0.2, 0.25) is 0 Å². The number of fused-ring (bicyclic) bond motifs is 1. The molecule has 0 aliphatic rings. The number of pyridine rings is 1. The van der Waals surface area contributed by atoms with E-state index in [1.54, 1.807) is 11.5 Å². The number of carboxylic acid groups (broad SMARTS) is 1. The predicted molar refractivity (Wildman–Crippen MR) is 93.1 cm³/mol. The van der Waals surface area contributed by atoms with Crippen LogP contribution in [-0.4, -0.2) is 25.6 Å². The van der Waals surface area contributed by atoms with E-state index in [1.165, 1.54) is 6.07 Å². The van der Waals surface area contributed by atoms with Crippen molar-refractivity contribution in [1.29, 1.82) is 0 Å². The number of H-pyrrole nitrogens is 1. The second kappa shape index (κ2) is 6.01. The summed E-state index contributed by atoms with van der Waals surface area (Å²) in [6.45, 7) is 3.61. The summed E-state index contributed by atoms with van der Waals surface area (Å²) in [5.74, 6) is -1.17. The maximum absolute atomic E-state index is 12.3. The molecule has 0 spiro atoms. The number of hydrogen-bond donors (Lipinski definition) is 2. The van der Waals surface area contributed by atoms with E-state index in [-0.39, 0.29) is 27.4 Å². The van der Waals surface area contributed by atoms with E-state index in [0.717, 1.165) is 5.56 Å². The monoisotopic (exact) mass is 341 g/mol. The molecule has 1 atom stereocenters. The normalized spacial score (nSPS) is 12.2. The standard InChI is InChI=1S/C17H15N3O3S/c1-9-8-12(16(22)23)13-14(18-9)20(17(24)19-15(13)21)10(2)11-6-4-3-5-7-11/h3-8,10H,1-2H3,(H,22,23)(H,19,21,24). The molecule has 1 unspecified atom stereocenters. The number of aromatic nitrogens is 3. The lowest BCUT2D eigenvalue weighted by Crippen LogP contribution is -2.21. The maximum atomic E-state index is 12.3. The second-order valence-electron chi connectivity index (χ2n) is 5.53. The van der Waals surface area contributed by atoms with Gasteiger partial charge in [0, 0.05) is 5.69 Å². The maximum Gasteiger partial charge on any atom is 0.336 e. The quantitative estimate of drug-likeness (QED) is 0.715. The van der Waals surface area contributed by atoms with Crippen LogP contribution >= 0.6 is 12.2 Å². The number of aromatic carboxylic acids is 1. The molecule has 3 aromatic rings. The van der Waals surface area contributed by atoms with Gasteiger partial charge in [-0.1, -0.05) is 30.3 Å². The summed E-state index contributed by atoms with van der Waals surface area (Å²) in [6.07, 6.45) is 0. The SMILES string of the molecule is Cc1cc(C(=O)O)c2c(=O)[nH]c(=S)n(C(C)c3ccccc3)c2n1. The van der Waals surface area contributed by atoms with Crippen molar-refractivity contribution in [3.05, 3.63) is 68.3 Å². The van der Waals surface area contributed by atoms with Gasteiger partial charge < -0.3 is 5.11 Å². The van der Waals surface area contributed by atoms with Crippen LogP contribution in [0.1, 0.15) is 34.6 Å². The topological polar surface area (TPSA) is 88.0 Å². The number of nitrogens with zero attached hydrogens (tertiary/aromatic N) is 2. The highest BCUT2D eigenvalue weighted by atomic mass is 32.1. The van der Waals surface area contributed by atoms with Gasteiger partial charge in [0.15, 0.2) is 4.77 Å². The number of rotatable bonds is 3. The number of hydrogen-bond acceptors (Lipinski definition) is 4. The summed E-state index contributed by atoms with van der Waals surface area (Å²) in [7, 11) is 0. The third-order valence-electron chi connectivity index (χ3n) is 3.92. The third-order valence-corrected chi connectivity index (χ3v) is 4.22. The molecule has 7 heteroatoms. The lowest BCUT2D eigenvalue weighted by atomic mass is 10.1. The Balaban J connectivity index is 2.43. The predicted octanol–water partition coefficient (Wildman–Crippen LogP) is 3.07. The molecular weight excluding hydrogens is 326 g/mol. The van der Waals surface area contributed by atoms with Crippen molar-refractivity contribution < 1.29 is 9.90 Å². The Morgan fingerprint density at radius 3 is 2.62 bits per heavy atom. The third kappa shape index (κ3) is 2.63. The minimum absolute atomic E-state index is 0.0319. The van der Waals surface area contributed by atoms with Crippen LogP contribution in [0, 0.1) is 11.7 Å². The number of nitrogens with one attached hydrogen (secondary N) is 1. The minimum Gasteiger partial charge on any atom is -0.478 e. The molecule has 0 saturated carbocycles. The fourth-order valence-corrected chi connectivity index (χ4v) is 3.12. The summed E-state index contributed by atoms with van der Waals surface area (Å²) < 4.78 is 1.89. The zero-order chi connectivity index (χ0) is 17.4. The van der Waals surface area contributed by atoms with E-state index in [4.69, 9.17) is 12.2 Å². The van der Waals surface area contributed by atoms with E-state index in [1.807, 2.05) is 37.3 Å². The van der Waals surface area contributed by atoms with Crippen molar-refractivity contribution in [1.82, 2.24) is 14.5 Å². The summed E-state index contributed by atoms with van der Waals surface area (Å²) in [5, 5.41) is 9.46. The Bertz CT molecular complexity index is 1050. The molecule has 0 aliphatic carbocycles. The Kier molecular flexibility index (Phi) is 4.02. The van der Waals surface area contributed by atoms with E-state index in [0.29, 0.717) is 5.69 Å².